The Balaban J connectivity index is 1.17. The summed E-state index contributed by atoms with van der Waals surface area (Å²) in [5.74, 6) is -0.310. The number of hydrogen-bond donors (Lipinski definition) is 3. The van der Waals surface area contributed by atoms with Crippen LogP contribution in [0.15, 0.2) is 48.5 Å². The number of benzene rings is 2. The summed E-state index contributed by atoms with van der Waals surface area (Å²) < 4.78 is 46.6. The number of hydrogen-bond acceptors (Lipinski definition) is 7. The first kappa shape index (κ1) is 33.7. The maximum atomic E-state index is 12.9. The van der Waals surface area contributed by atoms with Crippen molar-refractivity contribution in [1.82, 2.24) is 15.5 Å². The van der Waals surface area contributed by atoms with Crippen LogP contribution in [0.1, 0.15) is 39.5 Å². The molecule has 246 valence electrons. The quantitative estimate of drug-likeness (QED) is 0.301. The van der Waals surface area contributed by atoms with Crippen molar-refractivity contribution in [3.8, 4) is 11.5 Å². The largest absolute Gasteiger partial charge is 0.573 e. The molecule has 2 aliphatic rings. The van der Waals surface area contributed by atoms with E-state index in [1.807, 2.05) is 36.1 Å². The Bertz CT molecular complexity index is 1270. The van der Waals surface area contributed by atoms with Gasteiger partial charge in [-0.2, -0.15) is 0 Å². The number of piperazine rings is 1. The molecule has 1 saturated carbocycles. The summed E-state index contributed by atoms with van der Waals surface area (Å²) in [5, 5.41) is 9.05. The van der Waals surface area contributed by atoms with Gasteiger partial charge in [-0.1, -0.05) is 19.8 Å². The molecule has 13 heteroatoms. The van der Waals surface area contributed by atoms with Gasteiger partial charge in [-0.15, -0.1) is 13.2 Å². The van der Waals surface area contributed by atoms with Gasteiger partial charge in [0.2, 0.25) is 11.8 Å². The van der Waals surface area contributed by atoms with E-state index in [-0.39, 0.29) is 48.0 Å². The van der Waals surface area contributed by atoms with Crippen LogP contribution in [-0.2, 0) is 14.4 Å². The van der Waals surface area contributed by atoms with E-state index >= 15 is 0 Å². The lowest BCUT2D eigenvalue weighted by Crippen LogP contribution is -2.49. The number of nitrogens with zero attached hydrogens (tertiary/aromatic N) is 2. The molecular weight excluding hydrogens is 591 g/mol. The number of nitrogens with one attached hydrogen (secondary N) is 3. The first-order valence-electron chi connectivity index (χ1n) is 15.4. The molecule has 1 heterocycles. The van der Waals surface area contributed by atoms with Crippen molar-refractivity contribution in [2.75, 3.05) is 56.1 Å². The predicted molar refractivity (Wildman–Crippen MR) is 164 cm³/mol. The predicted octanol–water partition coefficient (Wildman–Crippen LogP) is 4.17. The van der Waals surface area contributed by atoms with E-state index in [1.54, 1.807) is 6.92 Å². The number of halogens is 3. The molecular formula is C32H42F3N5O5. The molecule has 10 nitrogen and oxygen atoms in total. The van der Waals surface area contributed by atoms with Crippen LogP contribution in [0, 0.1) is 11.8 Å². The Labute approximate surface area is 261 Å². The van der Waals surface area contributed by atoms with Crippen LogP contribution in [0.5, 0.6) is 11.5 Å². The highest BCUT2D eigenvalue weighted by atomic mass is 19.4. The molecule has 2 aromatic carbocycles. The van der Waals surface area contributed by atoms with Gasteiger partial charge in [-0.25, -0.2) is 0 Å². The van der Waals surface area contributed by atoms with E-state index in [1.165, 1.54) is 24.3 Å². The van der Waals surface area contributed by atoms with E-state index in [0.29, 0.717) is 37.6 Å². The molecule has 1 aliphatic carbocycles. The van der Waals surface area contributed by atoms with Crippen molar-refractivity contribution in [1.29, 1.82) is 0 Å². The minimum atomic E-state index is -4.74. The van der Waals surface area contributed by atoms with Gasteiger partial charge in [0, 0.05) is 69.5 Å². The van der Waals surface area contributed by atoms with Crippen molar-refractivity contribution in [3.05, 3.63) is 48.5 Å². The first-order valence-corrected chi connectivity index (χ1v) is 15.4. The zero-order valence-electron chi connectivity index (χ0n) is 25.7. The lowest BCUT2D eigenvalue weighted by Gasteiger charge is -2.35. The van der Waals surface area contributed by atoms with Crippen molar-refractivity contribution < 1.29 is 37.0 Å². The Kier molecular flexibility index (Phi) is 11.8. The van der Waals surface area contributed by atoms with E-state index in [9.17, 15) is 27.6 Å². The molecule has 2 fully saturated rings. The first-order chi connectivity index (χ1) is 21.5. The molecule has 45 heavy (non-hydrogen) atoms. The van der Waals surface area contributed by atoms with Gasteiger partial charge in [0.15, 0.2) is 6.61 Å². The monoisotopic (exact) mass is 633 g/mol. The van der Waals surface area contributed by atoms with Crippen LogP contribution < -0.4 is 30.3 Å². The highest BCUT2D eigenvalue weighted by Crippen LogP contribution is 2.31. The molecule has 1 saturated heterocycles. The summed E-state index contributed by atoms with van der Waals surface area (Å²) in [6.45, 7) is 6.95. The van der Waals surface area contributed by atoms with Crippen molar-refractivity contribution in [2.24, 2.45) is 11.8 Å². The fourth-order valence-electron chi connectivity index (χ4n) is 5.89. The van der Waals surface area contributed by atoms with Gasteiger partial charge in [0.1, 0.15) is 11.5 Å². The van der Waals surface area contributed by atoms with Crippen molar-refractivity contribution >= 4 is 29.1 Å². The van der Waals surface area contributed by atoms with Crippen LogP contribution >= 0.6 is 0 Å². The Morgan fingerprint density at radius 3 is 2.20 bits per heavy atom. The minimum Gasteiger partial charge on any atom is -0.484 e. The molecule has 3 amide bonds. The topological polar surface area (TPSA) is 112 Å². The molecule has 3 atom stereocenters. The summed E-state index contributed by atoms with van der Waals surface area (Å²) in [7, 11) is 0. The molecule has 0 spiro atoms. The van der Waals surface area contributed by atoms with E-state index < -0.39 is 6.36 Å². The number of alkyl halides is 3. The highest BCUT2D eigenvalue weighted by molar-refractivity contribution is 5.80. The third kappa shape index (κ3) is 10.5. The second-order valence-electron chi connectivity index (χ2n) is 11.5. The smallest absolute Gasteiger partial charge is 0.484 e. The van der Waals surface area contributed by atoms with Crippen LogP contribution in [0.25, 0.3) is 0 Å². The van der Waals surface area contributed by atoms with Crippen LogP contribution in [-0.4, -0.2) is 80.9 Å². The number of carbonyl (C=O) groups is 3. The fraction of sp³-hybridized carbons (Fsp3) is 0.531. The van der Waals surface area contributed by atoms with Gasteiger partial charge in [-0.3, -0.25) is 14.4 Å². The van der Waals surface area contributed by atoms with Crippen LogP contribution in [0.2, 0.25) is 0 Å². The number of amides is 3. The molecule has 0 aromatic heterocycles. The van der Waals surface area contributed by atoms with Gasteiger partial charge in [0.05, 0.1) is 0 Å². The summed E-state index contributed by atoms with van der Waals surface area (Å²) in [4.78, 5) is 41.4. The highest BCUT2D eigenvalue weighted by Gasteiger charge is 2.34. The van der Waals surface area contributed by atoms with Gasteiger partial charge in [0.25, 0.3) is 5.91 Å². The van der Waals surface area contributed by atoms with Gasteiger partial charge < -0.3 is 35.2 Å². The van der Waals surface area contributed by atoms with E-state index in [2.05, 4.69) is 25.6 Å². The van der Waals surface area contributed by atoms with Crippen molar-refractivity contribution in [2.45, 2.75) is 51.9 Å². The van der Waals surface area contributed by atoms with E-state index in [4.69, 9.17) is 4.74 Å². The number of ether oxygens (including phenoxy) is 2. The fourth-order valence-corrected chi connectivity index (χ4v) is 5.89. The lowest BCUT2D eigenvalue weighted by molar-refractivity contribution is -0.274. The average Bonchev–Trinajstić information content (AvgIpc) is 3.02. The standard InChI is InChI=1S/C32H42F3N5O5/c1-22(31(43)37-16-15-36-24-7-11-27(12-8-24)45-32(33,34)35)28-5-3-4-6-29(28)38-30(42)21-44-26-13-9-25(10-14-26)40-19-17-39(18-20-40)23(2)41/h7-14,22,28-29,36H,3-6,15-21H2,1-2H3,(H,37,43)(H,38,42)/t22-,28?,29?/m0/s1. The summed E-state index contributed by atoms with van der Waals surface area (Å²) in [5.41, 5.74) is 1.64. The maximum absolute atomic E-state index is 12.9. The second-order valence-corrected chi connectivity index (χ2v) is 11.5. The normalized spacial score (nSPS) is 19.3. The minimum absolute atomic E-state index is 0.0143. The maximum Gasteiger partial charge on any atom is 0.573 e. The summed E-state index contributed by atoms with van der Waals surface area (Å²) >= 11 is 0. The molecule has 2 aromatic rings. The van der Waals surface area contributed by atoms with Gasteiger partial charge >= 0.3 is 6.36 Å². The van der Waals surface area contributed by atoms with Crippen LogP contribution in [0.4, 0.5) is 24.5 Å². The number of anilines is 2. The average molecular weight is 634 g/mol. The SMILES string of the molecule is CC(=O)N1CCN(c2ccc(OCC(=O)NC3CCCCC3[C@H](C)C(=O)NCCNc3ccc(OC(F)(F)F)cc3)cc2)CC1. The second kappa shape index (κ2) is 15.7. The number of carbonyl (C=O) groups excluding carboxylic acids is 3. The molecule has 1 aliphatic heterocycles. The summed E-state index contributed by atoms with van der Waals surface area (Å²) in [6, 6.07) is 12.8. The van der Waals surface area contributed by atoms with Gasteiger partial charge in [-0.05, 0) is 67.3 Å². The van der Waals surface area contributed by atoms with E-state index in [0.717, 1.165) is 44.5 Å². The zero-order chi connectivity index (χ0) is 32.4. The molecule has 3 N–H and O–H groups in total. The third-order valence-electron chi connectivity index (χ3n) is 8.36. The molecule has 4 rings (SSSR count). The molecule has 0 bridgehead atoms. The van der Waals surface area contributed by atoms with Crippen molar-refractivity contribution in [3.63, 3.8) is 0 Å². The molecule has 2 unspecified atom stereocenters. The Morgan fingerprint density at radius 2 is 1.56 bits per heavy atom. The Hall–Kier alpha value is -4.16. The zero-order valence-corrected chi connectivity index (χ0v) is 25.7. The van der Waals surface area contributed by atoms with Crippen LogP contribution in [0.3, 0.4) is 0 Å². The summed E-state index contributed by atoms with van der Waals surface area (Å²) in [6.07, 6.45) is -1.18. The number of rotatable bonds is 12. The Morgan fingerprint density at radius 1 is 0.911 bits per heavy atom. The molecule has 0 radical (unpaired) electrons. The third-order valence-corrected chi connectivity index (χ3v) is 8.36. The lowest BCUT2D eigenvalue weighted by atomic mass is 9.76.